The summed E-state index contributed by atoms with van der Waals surface area (Å²) in [4.78, 5) is 0.370. The maximum absolute atomic E-state index is 11.9. The van der Waals surface area contributed by atoms with Crippen LogP contribution in [-0.2, 0) is 15.4 Å². The van der Waals surface area contributed by atoms with Crippen LogP contribution < -0.4 is 5.73 Å². The molecule has 1 aliphatic carbocycles. The predicted octanol–water partition coefficient (Wildman–Crippen LogP) is 2.97. The molecule has 0 aromatic heterocycles. The van der Waals surface area contributed by atoms with E-state index in [1.165, 1.54) is 12.7 Å². The van der Waals surface area contributed by atoms with Gasteiger partial charge in [-0.15, -0.1) is 0 Å². The average Bonchev–Trinajstić information content (AvgIpc) is 2.28. The lowest BCUT2D eigenvalue weighted by Crippen LogP contribution is -2.39. The third kappa shape index (κ3) is 2.78. The first-order valence-electron chi connectivity index (χ1n) is 6.12. The summed E-state index contributed by atoms with van der Waals surface area (Å²) < 4.78 is 24.6. The standard InChI is InChI=1S/C13H18BrNO2S/c1-18(16,17)12-6-5-10(14)9-11(12)13(15)7-3-2-4-8-13/h5-6,9H,2-4,7-8,15H2,1H3. The Morgan fingerprint density at radius 3 is 2.39 bits per heavy atom. The van der Waals surface area contributed by atoms with Crippen LogP contribution in [0, 0.1) is 0 Å². The number of sulfone groups is 1. The van der Waals surface area contributed by atoms with Crippen molar-refractivity contribution in [3.8, 4) is 0 Å². The molecule has 1 fully saturated rings. The highest BCUT2D eigenvalue weighted by molar-refractivity contribution is 9.10. The number of hydrogen-bond acceptors (Lipinski definition) is 3. The molecule has 0 aliphatic heterocycles. The van der Waals surface area contributed by atoms with Crippen LogP contribution in [0.4, 0.5) is 0 Å². The van der Waals surface area contributed by atoms with Gasteiger partial charge in [-0.1, -0.05) is 35.2 Å². The fourth-order valence-corrected chi connectivity index (χ4v) is 4.00. The van der Waals surface area contributed by atoms with Gasteiger partial charge in [0.15, 0.2) is 9.84 Å². The van der Waals surface area contributed by atoms with Gasteiger partial charge >= 0.3 is 0 Å². The van der Waals surface area contributed by atoms with Gasteiger partial charge in [-0.25, -0.2) is 8.42 Å². The molecule has 1 aliphatic rings. The van der Waals surface area contributed by atoms with Gasteiger partial charge in [0, 0.05) is 16.3 Å². The smallest absolute Gasteiger partial charge is 0.175 e. The first-order valence-corrected chi connectivity index (χ1v) is 8.80. The van der Waals surface area contributed by atoms with Crippen molar-refractivity contribution in [1.29, 1.82) is 0 Å². The molecule has 0 heterocycles. The number of hydrogen-bond donors (Lipinski definition) is 1. The van der Waals surface area contributed by atoms with Gasteiger partial charge in [0.1, 0.15) is 0 Å². The predicted molar refractivity (Wildman–Crippen MR) is 76.2 cm³/mol. The second kappa shape index (κ2) is 4.94. The van der Waals surface area contributed by atoms with Crippen molar-refractivity contribution in [1.82, 2.24) is 0 Å². The largest absolute Gasteiger partial charge is 0.321 e. The Labute approximate surface area is 117 Å². The van der Waals surface area contributed by atoms with E-state index in [0.717, 1.165) is 35.7 Å². The van der Waals surface area contributed by atoms with Crippen LogP contribution in [0.2, 0.25) is 0 Å². The SMILES string of the molecule is CS(=O)(=O)c1ccc(Br)cc1C1(N)CCCCC1. The van der Waals surface area contributed by atoms with Crippen molar-refractivity contribution >= 4 is 25.8 Å². The van der Waals surface area contributed by atoms with Gasteiger partial charge in [0.05, 0.1) is 4.90 Å². The Balaban J connectivity index is 2.58. The van der Waals surface area contributed by atoms with E-state index < -0.39 is 15.4 Å². The Bertz CT molecular complexity index is 548. The Hall–Kier alpha value is -0.390. The first-order chi connectivity index (χ1) is 8.33. The minimum absolute atomic E-state index is 0.370. The van der Waals surface area contributed by atoms with Crippen LogP contribution >= 0.6 is 15.9 Å². The summed E-state index contributed by atoms with van der Waals surface area (Å²) in [6, 6.07) is 5.27. The zero-order chi connectivity index (χ0) is 13.4. The molecule has 0 unspecified atom stereocenters. The number of halogens is 1. The Kier molecular flexibility index (Phi) is 3.85. The van der Waals surface area contributed by atoms with Crippen molar-refractivity contribution < 1.29 is 8.42 Å². The van der Waals surface area contributed by atoms with Crippen LogP contribution in [-0.4, -0.2) is 14.7 Å². The van der Waals surface area contributed by atoms with Gasteiger partial charge < -0.3 is 5.73 Å². The molecule has 0 bridgehead atoms. The zero-order valence-corrected chi connectivity index (χ0v) is 12.9. The van der Waals surface area contributed by atoms with Crippen LogP contribution in [0.5, 0.6) is 0 Å². The van der Waals surface area contributed by atoms with Gasteiger partial charge in [-0.05, 0) is 36.6 Å². The third-order valence-electron chi connectivity index (χ3n) is 3.62. The minimum atomic E-state index is -3.24. The average molecular weight is 332 g/mol. The lowest BCUT2D eigenvalue weighted by Gasteiger charge is -2.35. The van der Waals surface area contributed by atoms with E-state index in [0.29, 0.717) is 4.90 Å². The molecule has 0 radical (unpaired) electrons. The molecular formula is C13H18BrNO2S. The fraction of sp³-hybridized carbons (Fsp3) is 0.538. The number of benzene rings is 1. The molecule has 1 aromatic rings. The van der Waals surface area contributed by atoms with E-state index in [-0.39, 0.29) is 0 Å². The second-order valence-electron chi connectivity index (χ2n) is 5.13. The molecule has 5 heteroatoms. The minimum Gasteiger partial charge on any atom is -0.321 e. The molecule has 0 amide bonds. The van der Waals surface area contributed by atoms with Crippen molar-refractivity contribution in [3.05, 3.63) is 28.2 Å². The van der Waals surface area contributed by atoms with Gasteiger partial charge in [-0.3, -0.25) is 0 Å². The molecule has 100 valence electrons. The van der Waals surface area contributed by atoms with Crippen molar-refractivity contribution in [2.24, 2.45) is 5.73 Å². The highest BCUT2D eigenvalue weighted by Crippen LogP contribution is 2.38. The van der Waals surface area contributed by atoms with Crippen molar-refractivity contribution in [3.63, 3.8) is 0 Å². The Morgan fingerprint density at radius 2 is 1.83 bits per heavy atom. The Morgan fingerprint density at radius 1 is 1.22 bits per heavy atom. The van der Waals surface area contributed by atoms with Crippen molar-refractivity contribution in [2.75, 3.05) is 6.26 Å². The molecule has 1 saturated carbocycles. The lowest BCUT2D eigenvalue weighted by molar-refractivity contribution is 0.297. The highest BCUT2D eigenvalue weighted by atomic mass is 79.9. The first kappa shape index (κ1) is 14.0. The van der Waals surface area contributed by atoms with Crippen LogP contribution in [0.25, 0.3) is 0 Å². The molecule has 0 atom stereocenters. The zero-order valence-electron chi connectivity index (χ0n) is 10.4. The second-order valence-corrected chi connectivity index (χ2v) is 8.03. The third-order valence-corrected chi connectivity index (χ3v) is 5.27. The number of rotatable bonds is 2. The monoisotopic (exact) mass is 331 g/mol. The maximum atomic E-state index is 11.9. The molecule has 18 heavy (non-hydrogen) atoms. The molecule has 2 N–H and O–H groups in total. The van der Waals surface area contributed by atoms with Gasteiger partial charge in [0.2, 0.25) is 0 Å². The molecule has 2 rings (SSSR count). The summed E-state index contributed by atoms with van der Waals surface area (Å²) in [6.07, 6.45) is 6.25. The van der Waals surface area contributed by atoms with E-state index in [9.17, 15) is 8.42 Å². The van der Waals surface area contributed by atoms with Crippen molar-refractivity contribution in [2.45, 2.75) is 42.5 Å². The molecule has 3 nitrogen and oxygen atoms in total. The van der Waals surface area contributed by atoms with Crippen LogP contribution in [0.3, 0.4) is 0 Å². The normalized spacial score (nSPS) is 19.7. The summed E-state index contributed by atoms with van der Waals surface area (Å²) in [5.74, 6) is 0. The molecule has 0 spiro atoms. The van der Waals surface area contributed by atoms with Gasteiger partial charge in [0.25, 0.3) is 0 Å². The van der Waals surface area contributed by atoms with E-state index in [4.69, 9.17) is 5.73 Å². The molecule has 0 saturated heterocycles. The molecule has 1 aromatic carbocycles. The summed E-state index contributed by atoms with van der Waals surface area (Å²) in [5, 5.41) is 0. The van der Waals surface area contributed by atoms with Crippen LogP contribution in [0.1, 0.15) is 37.7 Å². The van der Waals surface area contributed by atoms with E-state index >= 15 is 0 Å². The lowest BCUT2D eigenvalue weighted by atomic mass is 9.77. The summed E-state index contributed by atoms with van der Waals surface area (Å²) in [5.41, 5.74) is 6.72. The number of nitrogens with two attached hydrogens (primary N) is 1. The summed E-state index contributed by atoms with van der Waals surface area (Å²) in [7, 11) is -3.24. The topological polar surface area (TPSA) is 60.2 Å². The summed E-state index contributed by atoms with van der Waals surface area (Å²) in [6.45, 7) is 0. The molecular weight excluding hydrogens is 314 g/mol. The highest BCUT2D eigenvalue weighted by Gasteiger charge is 2.33. The quantitative estimate of drug-likeness (QED) is 0.906. The summed E-state index contributed by atoms with van der Waals surface area (Å²) >= 11 is 3.40. The fourth-order valence-electron chi connectivity index (χ4n) is 2.67. The van der Waals surface area contributed by atoms with E-state index in [2.05, 4.69) is 15.9 Å². The van der Waals surface area contributed by atoms with Gasteiger partial charge in [-0.2, -0.15) is 0 Å². The van der Waals surface area contributed by atoms with E-state index in [1.807, 2.05) is 6.07 Å². The van der Waals surface area contributed by atoms with E-state index in [1.54, 1.807) is 12.1 Å². The van der Waals surface area contributed by atoms with Crippen LogP contribution in [0.15, 0.2) is 27.6 Å². The maximum Gasteiger partial charge on any atom is 0.175 e.